The Morgan fingerprint density at radius 1 is 0.944 bits per heavy atom. The first kappa shape index (κ1) is 26.9. The molecule has 4 aromatic rings. The fourth-order valence-electron chi connectivity index (χ4n) is 3.86. The van der Waals surface area contributed by atoms with Crippen molar-refractivity contribution in [3.63, 3.8) is 0 Å². The Morgan fingerprint density at radius 2 is 1.67 bits per heavy atom. The molecule has 1 heterocycles. The molecule has 0 atom stereocenters. The maximum Gasteiger partial charge on any atom is 0.303 e. The van der Waals surface area contributed by atoms with Crippen LogP contribution in [0.1, 0.15) is 35.9 Å². The number of ether oxygens (including phenoxy) is 3. The highest BCUT2D eigenvalue weighted by molar-refractivity contribution is 5.85. The van der Waals surface area contributed by atoms with Crippen LogP contribution in [-0.2, 0) is 37.9 Å². The molecule has 1 N–H and O–H groups in total. The second-order valence-electron chi connectivity index (χ2n) is 8.35. The highest BCUT2D eigenvalue weighted by Gasteiger charge is 2.12. The molecule has 4 rings (SSSR count). The number of carboxylic acid groups (broad SMARTS) is 1. The first-order valence-electron chi connectivity index (χ1n) is 11.6. The molecule has 0 bridgehead atoms. The van der Waals surface area contributed by atoms with Crippen molar-refractivity contribution in [2.45, 2.75) is 39.4 Å². The highest BCUT2D eigenvalue weighted by atomic mass is 35.5. The van der Waals surface area contributed by atoms with Crippen molar-refractivity contribution < 1.29 is 24.1 Å². The number of imidazole rings is 1. The van der Waals surface area contributed by atoms with Gasteiger partial charge in [0, 0.05) is 25.6 Å². The zero-order valence-electron chi connectivity index (χ0n) is 20.7. The second-order valence-corrected chi connectivity index (χ2v) is 8.35. The number of halogens is 1. The molecule has 0 aliphatic carbocycles. The number of fused-ring (bicyclic) bond motifs is 1. The van der Waals surface area contributed by atoms with Crippen molar-refractivity contribution in [3.8, 4) is 17.2 Å². The van der Waals surface area contributed by atoms with E-state index in [1.807, 2.05) is 48.0 Å². The molecule has 8 heteroatoms. The van der Waals surface area contributed by atoms with Crippen molar-refractivity contribution in [1.82, 2.24) is 9.55 Å². The molecule has 3 aromatic carbocycles. The van der Waals surface area contributed by atoms with Crippen LogP contribution in [0, 0.1) is 0 Å². The molecule has 0 saturated carbocycles. The Bertz CT molecular complexity index is 1320. The molecule has 0 unspecified atom stereocenters. The van der Waals surface area contributed by atoms with Crippen LogP contribution in [0.2, 0.25) is 0 Å². The number of nitrogens with zero attached hydrogens (tertiary/aromatic N) is 2. The van der Waals surface area contributed by atoms with Gasteiger partial charge in [0.05, 0.1) is 18.1 Å². The minimum atomic E-state index is -0.843. The fraction of sp³-hybridized carbons (Fsp3) is 0.286. The van der Waals surface area contributed by atoms with Crippen LogP contribution >= 0.6 is 12.4 Å². The van der Waals surface area contributed by atoms with E-state index in [0.717, 1.165) is 40.2 Å². The monoisotopic (exact) mass is 510 g/mol. The van der Waals surface area contributed by atoms with Crippen molar-refractivity contribution in [1.29, 1.82) is 0 Å². The molecule has 0 radical (unpaired) electrons. The summed E-state index contributed by atoms with van der Waals surface area (Å²) in [4.78, 5) is 15.8. The smallest absolute Gasteiger partial charge is 0.303 e. The third-order valence-corrected chi connectivity index (χ3v) is 6.02. The average Bonchev–Trinajstić information content (AvgIpc) is 3.20. The normalized spacial score (nSPS) is 10.6. The molecule has 0 spiro atoms. The van der Waals surface area contributed by atoms with Crippen LogP contribution in [0.3, 0.4) is 0 Å². The molecular formula is C28H31ClN2O5. The van der Waals surface area contributed by atoms with Crippen molar-refractivity contribution in [2.24, 2.45) is 7.05 Å². The van der Waals surface area contributed by atoms with Gasteiger partial charge in [-0.2, -0.15) is 0 Å². The molecule has 0 saturated heterocycles. The SMILES string of the molecule is CCc1ccc(COc2cc(OCc3nc4ccc(OC)cc4n3C)ccc2CCC(=O)O)cc1.Cl. The van der Waals surface area contributed by atoms with Gasteiger partial charge in [0.1, 0.15) is 36.3 Å². The summed E-state index contributed by atoms with van der Waals surface area (Å²) in [5, 5.41) is 9.12. The van der Waals surface area contributed by atoms with Crippen LogP contribution in [0.25, 0.3) is 11.0 Å². The van der Waals surface area contributed by atoms with Gasteiger partial charge in [-0.1, -0.05) is 37.3 Å². The van der Waals surface area contributed by atoms with E-state index >= 15 is 0 Å². The second kappa shape index (κ2) is 12.3. The standard InChI is InChI=1S/C28H30N2O5.ClH/c1-4-19-5-7-20(8-6-19)17-35-26-16-23(11-9-21(26)10-14-28(31)32)34-18-27-29-24-13-12-22(33-3)15-25(24)30(27)2;/h5-9,11-13,15-16H,4,10,14,17-18H2,1-3H3,(H,31,32);1H. The molecule has 0 aliphatic heterocycles. The zero-order valence-corrected chi connectivity index (χ0v) is 21.5. The quantitative estimate of drug-likeness (QED) is 0.277. The summed E-state index contributed by atoms with van der Waals surface area (Å²) in [6.07, 6.45) is 1.40. The Hall–Kier alpha value is -3.71. The van der Waals surface area contributed by atoms with Gasteiger partial charge in [-0.25, -0.2) is 4.98 Å². The molecule has 0 amide bonds. The number of carbonyl (C=O) groups is 1. The van der Waals surface area contributed by atoms with Gasteiger partial charge in [0.25, 0.3) is 0 Å². The number of aryl methyl sites for hydroxylation is 3. The van der Waals surface area contributed by atoms with Crippen molar-refractivity contribution in [3.05, 3.63) is 83.2 Å². The van der Waals surface area contributed by atoms with Gasteiger partial charge in [0.15, 0.2) is 0 Å². The molecule has 190 valence electrons. The van der Waals surface area contributed by atoms with Crippen molar-refractivity contribution in [2.75, 3.05) is 7.11 Å². The van der Waals surface area contributed by atoms with Gasteiger partial charge in [-0.05, 0) is 47.7 Å². The summed E-state index contributed by atoms with van der Waals surface area (Å²) >= 11 is 0. The van der Waals surface area contributed by atoms with Gasteiger partial charge in [-0.15, -0.1) is 12.4 Å². The van der Waals surface area contributed by atoms with E-state index in [0.29, 0.717) is 24.5 Å². The molecule has 36 heavy (non-hydrogen) atoms. The number of carboxylic acids is 1. The predicted molar refractivity (Wildman–Crippen MR) is 141 cm³/mol. The maximum absolute atomic E-state index is 11.1. The van der Waals surface area contributed by atoms with E-state index in [9.17, 15) is 4.79 Å². The van der Waals surface area contributed by atoms with Gasteiger partial charge < -0.3 is 23.9 Å². The topological polar surface area (TPSA) is 82.8 Å². The van der Waals surface area contributed by atoms with E-state index in [1.54, 1.807) is 7.11 Å². The first-order chi connectivity index (χ1) is 17.0. The van der Waals surface area contributed by atoms with Crippen LogP contribution < -0.4 is 14.2 Å². The van der Waals surface area contributed by atoms with Crippen LogP contribution in [0.4, 0.5) is 0 Å². The largest absolute Gasteiger partial charge is 0.497 e. The summed E-state index contributed by atoms with van der Waals surface area (Å²) in [6.45, 7) is 2.79. The summed E-state index contributed by atoms with van der Waals surface area (Å²) in [7, 11) is 3.59. The zero-order chi connectivity index (χ0) is 24.8. The van der Waals surface area contributed by atoms with E-state index in [2.05, 4.69) is 36.2 Å². The lowest BCUT2D eigenvalue weighted by molar-refractivity contribution is -0.136. The number of hydrogen-bond donors (Lipinski definition) is 1. The third kappa shape index (κ3) is 6.49. The lowest BCUT2D eigenvalue weighted by atomic mass is 10.1. The Labute approximate surface area is 217 Å². The summed E-state index contributed by atoms with van der Waals surface area (Å²) in [6, 6.07) is 19.6. The number of aliphatic carboxylic acids is 1. The summed E-state index contributed by atoms with van der Waals surface area (Å²) < 4.78 is 19.5. The number of hydrogen-bond acceptors (Lipinski definition) is 5. The minimum Gasteiger partial charge on any atom is -0.497 e. The van der Waals surface area contributed by atoms with Crippen LogP contribution in [-0.4, -0.2) is 27.7 Å². The maximum atomic E-state index is 11.1. The third-order valence-electron chi connectivity index (χ3n) is 6.02. The lowest BCUT2D eigenvalue weighted by Gasteiger charge is -2.14. The van der Waals surface area contributed by atoms with E-state index < -0.39 is 5.97 Å². The summed E-state index contributed by atoms with van der Waals surface area (Å²) in [5.74, 6) is 1.96. The van der Waals surface area contributed by atoms with Gasteiger partial charge in [0.2, 0.25) is 0 Å². The number of aromatic nitrogens is 2. The van der Waals surface area contributed by atoms with E-state index in [4.69, 9.17) is 19.3 Å². The number of rotatable bonds is 11. The molecule has 0 fully saturated rings. The average molecular weight is 511 g/mol. The highest BCUT2D eigenvalue weighted by Crippen LogP contribution is 2.28. The molecular weight excluding hydrogens is 480 g/mol. The van der Waals surface area contributed by atoms with Crippen LogP contribution in [0.15, 0.2) is 60.7 Å². The Balaban J connectivity index is 0.00000361. The molecule has 0 aliphatic rings. The number of methoxy groups -OCH3 is 1. The number of benzene rings is 3. The van der Waals surface area contributed by atoms with Gasteiger partial charge in [-0.3, -0.25) is 4.79 Å². The van der Waals surface area contributed by atoms with E-state index in [-0.39, 0.29) is 25.4 Å². The van der Waals surface area contributed by atoms with Crippen LogP contribution in [0.5, 0.6) is 17.2 Å². The Kier molecular flexibility index (Phi) is 9.19. The lowest BCUT2D eigenvalue weighted by Crippen LogP contribution is -2.05. The molecule has 7 nitrogen and oxygen atoms in total. The molecule has 1 aromatic heterocycles. The predicted octanol–water partition coefficient (Wildman–Crippen LogP) is 5.74. The summed E-state index contributed by atoms with van der Waals surface area (Å²) in [5.41, 5.74) is 4.98. The minimum absolute atomic E-state index is 0. The van der Waals surface area contributed by atoms with Crippen molar-refractivity contribution >= 4 is 29.4 Å². The fourth-order valence-corrected chi connectivity index (χ4v) is 3.86. The first-order valence-corrected chi connectivity index (χ1v) is 11.6. The van der Waals surface area contributed by atoms with E-state index in [1.165, 1.54) is 5.56 Å². The Morgan fingerprint density at radius 3 is 2.36 bits per heavy atom. The van der Waals surface area contributed by atoms with Gasteiger partial charge >= 0.3 is 5.97 Å².